The van der Waals surface area contributed by atoms with Crippen molar-refractivity contribution in [1.82, 2.24) is 0 Å². The van der Waals surface area contributed by atoms with Crippen molar-refractivity contribution in [2.75, 3.05) is 10.6 Å². The lowest BCUT2D eigenvalue weighted by molar-refractivity contribution is -0.384. The fourth-order valence-electron chi connectivity index (χ4n) is 4.35. The molecule has 198 valence electrons. The fraction of sp³-hybridized carbons (Fsp3) is 0.0667. The number of nitrogens with zero attached hydrogens (tertiary/aromatic N) is 1. The standard InChI is InChI=1S/C30H21N3O6S/c1-17(40-21-10-5-8-19(16-21)31-30(37)18-7-4-9-20(15-18)33(38)39)29(36)32-25-14-6-13-24-26(25)28(35)23-12-3-2-11-22(23)27(24)34/h2-17H,1H3,(H,31,37)(H,32,36). The molecule has 1 aliphatic rings. The SMILES string of the molecule is CC(Sc1cccc(NC(=O)c2cccc([N+](=O)[O-])c2)c1)C(=O)Nc1cccc2c1C(=O)c1ccccc1C2=O. The minimum absolute atomic E-state index is 0.141. The maximum atomic E-state index is 13.2. The van der Waals surface area contributed by atoms with Gasteiger partial charge in [0.1, 0.15) is 0 Å². The Kier molecular flexibility index (Phi) is 7.26. The number of rotatable bonds is 7. The third kappa shape index (κ3) is 5.25. The van der Waals surface area contributed by atoms with E-state index in [1.165, 1.54) is 36.0 Å². The van der Waals surface area contributed by atoms with Crippen molar-refractivity contribution in [3.8, 4) is 0 Å². The Bertz CT molecular complexity index is 1720. The molecule has 0 spiro atoms. The van der Waals surface area contributed by atoms with Crippen LogP contribution in [0.3, 0.4) is 0 Å². The number of thioether (sulfide) groups is 1. The summed E-state index contributed by atoms with van der Waals surface area (Å²) >= 11 is 1.24. The molecule has 0 radical (unpaired) electrons. The van der Waals surface area contributed by atoms with E-state index < -0.39 is 16.1 Å². The summed E-state index contributed by atoms with van der Waals surface area (Å²) in [4.78, 5) is 63.1. The summed E-state index contributed by atoms with van der Waals surface area (Å²) in [5.41, 5.74) is 1.72. The largest absolute Gasteiger partial charge is 0.324 e. The number of nitrogens with one attached hydrogen (secondary N) is 2. The molecule has 0 saturated heterocycles. The molecule has 0 aromatic heterocycles. The van der Waals surface area contributed by atoms with Gasteiger partial charge in [-0.25, -0.2) is 0 Å². The molecule has 1 atom stereocenters. The minimum Gasteiger partial charge on any atom is -0.324 e. The normalized spacial score (nSPS) is 12.6. The van der Waals surface area contributed by atoms with Crippen LogP contribution in [0.1, 0.15) is 49.1 Å². The lowest BCUT2D eigenvalue weighted by Gasteiger charge is -2.21. The molecule has 1 unspecified atom stereocenters. The summed E-state index contributed by atoms with van der Waals surface area (Å²) in [5, 5.41) is 15.9. The summed E-state index contributed by atoms with van der Waals surface area (Å²) in [5.74, 6) is -1.48. The van der Waals surface area contributed by atoms with Crippen LogP contribution in [-0.2, 0) is 4.79 Å². The van der Waals surface area contributed by atoms with Crippen LogP contribution < -0.4 is 10.6 Å². The average molecular weight is 552 g/mol. The monoisotopic (exact) mass is 551 g/mol. The lowest BCUT2D eigenvalue weighted by Crippen LogP contribution is -2.27. The van der Waals surface area contributed by atoms with Crippen molar-refractivity contribution in [1.29, 1.82) is 0 Å². The van der Waals surface area contributed by atoms with Crippen LogP contribution >= 0.6 is 11.8 Å². The Hall–Kier alpha value is -5.09. The maximum absolute atomic E-state index is 13.2. The molecule has 0 fully saturated rings. The first-order chi connectivity index (χ1) is 19.2. The Balaban J connectivity index is 1.29. The van der Waals surface area contributed by atoms with Crippen molar-refractivity contribution in [3.05, 3.63) is 129 Å². The van der Waals surface area contributed by atoms with Crippen molar-refractivity contribution < 1.29 is 24.1 Å². The molecule has 5 rings (SSSR count). The van der Waals surface area contributed by atoms with E-state index in [-0.39, 0.29) is 45.5 Å². The molecule has 9 nitrogen and oxygen atoms in total. The number of nitro benzene ring substituents is 1. The number of amides is 2. The molecular weight excluding hydrogens is 530 g/mol. The second-order valence-corrected chi connectivity index (χ2v) is 10.4. The number of hydrogen-bond donors (Lipinski definition) is 2. The molecule has 40 heavy (non-hydrogen) atoms. The molecule has 4 aromatic carbocycles. The highest BCUT2D eigenvalue weighted by atomic mass is 32.2. The summed E-state index contributed by atoms with van der Waals surface area (Å²) in [6, 6.07) is 23.7. The van der Waals surface area contributed by atoms with Gasteiger partial charge in [-0.2, -0.15) is 0 Å². The zero-order valence-electron chi connectivity index (χ0n) is 21.0. The Morgan fingerprint density at radius 3 is 2.23 bits per heavy atom. The minimum atomic E-state index is -0.597. The molecular formula is C30H21N3O6S. The van der Waals surface area contributed by atoms with Gasteiger partial charge in [0.15, 0.2) is 11.6 Å². The number of benzene rings is 4. The van der Waals surface area contributed by atoms with Crippen LogP contribution in [0.5, 0.6) is 0 Å². The molecule has 1 aliphatic carbocycles. The molecule has 10 heteroatoms. The molecule has 2 amide bonds. The number of carbonyl (C=O) groups is 4. The molecule has 0 saturated carbocycles. The third-order valence-corrected chi connectivity index (χ3v) is 7.40. The Morgan fingerprint density at radius 2 is 1.48 bits per heavy atom. The molecule has 4 aromatic rings. The summed E-state index contributed by atoms with van der Waals surface area (Å²) in [7, 11) is 0. The van der Waals surface area contributed by atoms with Crippen molar-refractivity contribution in [2.24, 2.45) is 0 Å². The zero-order valence-corrected chi connectivity index (χ0v) is 21.9. The van der Waals surface area contributed by atoms with E-state index in [1.54, 1.807) is 73.7 Å². The van der Waals surface area contributed by atoms with Gasteiger partial charge in [-0.05, 0) is 37.3 Å². The van der Waals surface area contributed by atoms with Gasteiger partial charge in [0.2, 0.25) is 5.91 Å². The maximum Gasteiger partial charge on any atom is 0.270 e. The van der Waals surface area contributed by atoms with E-state index in [0.29, 0.717) is 21.7 Å². The Labute approximate surface area is 232 Å². The third-order valence-electron chi connectivity index (χ3n) is 6.30. The first kappa shape index (κ1) is 26.5. The number of hydrogen-bond acceptors (Lipinski definition) is 7. The second kappa shape index (κ2) is 11.0. The van der Waals surface area contributed by atoms with Gasteiger partial charge in [0.25, 0.3) is 11.6 Å². The number of non-ortho nitro benzene ring substituents is 1. The number of fused-ring (bicyclic) bond motifs is 2. The van der Waals surface area contributed by atoms with Gasteiger partial charge < -0.3 is 10.6 Å². The predicted molar refractivity (Wildman–Crippen MR) is 151 cm³/mol. The molecule has 0 bridgehead atoms. The van der Waals surface area contributed by atoms with E-state index >= 15 is 0 Å². The average Bonchev–Trinajstić information content (AvgIpc) is 2.96. The van der Waals surface area contributed by atoms with Gasteiger partial charge in [-0.15, -0.1) is 11.8 Å². The number of anilines is 2. The van der Waals surface area contributed by atoms with Crippen LogP contribution in [-0.4, -0.2) is 33.6 Å². The van der Waals surface area contributed by atoms with E-state index in [0.717, 1.165) is 0 Å². The van der Waals surface area contributed by atoms with Gasteiger partial charge in [-0.3, -0.25) is 29.3 Å². The highest BCUT2D eigenvalue weighted by molar-refractivity contribution is 8.00. The molecule has 0 aliphatic heterocycles. The topological polar surface area (TPSA) is 135 Å². The number of nitro groups is 1. The van der Waals surface area contributed by atoms with E-state index in [4.69, 9.17) is 0 Å². The molecule has 0 heterocycles. The van der Waals surface area contributed by atoms with Crippen LogP contribution in [0.4, 0.5) is 17.1 Å². The summed E-state index contributed by atoms with van der Waals surface area (Å²) in [6.07, 6.45) is 0. The van der Waals surface area contributed by atoms with Gasteiger partial charge in [0, 0.05) is 45.0 Å². The van der Waals surface area contributed by atoms with Crippen LogP contribution in [0.15, 0.2) is 95.9 Å². The lowest BCUT2D eigenvalue weighted by atomic mass is 9.83. The van der Waals surface area contributed by atoms with Crippen molar-refractivity contribution in [3.63, 3.8) is 0 Å². The van der Waals surface area contributed by atoms with E-state index in [2.05, 4.69) is 10.6 Å². The first-order valence-electron chi connectivity index (χ1n) is 12.2. The van der Waals surface area contributed by atoms with E-state index in [1.807, 2.05) is 0 Å². The zero-order chi connectivity index (χ0) is 28.4. The highest BCUT2D eigenvalue weighted by Crippen LogP contribution is 2.33. The smallest absolute Gasteiger partial charge is 0.270 e. The summed E-state index contributed by atoms with van der Waals surface area (Å²) in [6.45, 7) is 1.70. The quantitative estimate of drug-likeness (QED) is 0.150. The first-order valence-corrected chi connectivity index (χ1v) is 13.1. The number of ketones is 2. The Morgan fingerprint density at radius 1 is 0.800 bits per heavy atom. The van der Waals surface area contributed by atoms with Crippen LogP contribution in [0.2, 0.25) is 0 Å². The molecule has 2 N–H and O–H groups in total. The fourth-order valence-corrected chi connectivity index (χ4v) is 5.28. The highest BCUT2D eigenvalue weighted by Gasteiger charge is 2.32. The second-order valence-electron chi connectivity index (χ2n) is 8.97. The van der Waals surface area contributed by atoms with Crippen molar-refractivity contribution in [2.45, 2.75) is 17.1 Å². The predicted octanol–water partition coefficient (Wildman–Crippen LogP) is 5.74. The van der Waals surface area contributed by atoms with Gasteiger partial charge >= 0.3 is 0 Å². The summed E-state index contributed by atoms with van der Waals surface area (Å²) < 4.78 is 0. The van der Waals surface area contributed by atoms with Gasteiger partial charge in [0.05, 0.1) is 21.4 Å². The van der Waals surface area contributed by atoms with Crippen molar-refractivity contribution >= 4 is 52.2 Å². The van der Waals surface area contributed by atoms with Gasteiger partial charge in [-0.1, -0.05) is 48.5 Å². The van der Waals surface area contributed by atoms with Crippen LogP contribution in [0.25, 0.3) is 0 Å². The van der Waals surface area contributed by atoms with E-state index in [9.17, 15) is 29.3 Å². The number of carbonyl (C=O) groups excluding carboxylic acids is 4. The van der Waals surface area contributed by atoms with Crippen LogP contribution in [0, 0.1) is 10.1 Å².